The number of halogens is 2. The maximum atomic E-state index is 14.6. The van der Waals surface area contributed by atoms with Crippen LogP contribution in [0.3, 0.4) is 0 Å². The van der Waals surface area contributed by atoms with Gasteiger partial charge in [-0.25, -0.2) is 22.2 Å². The first kappa shape index (κ1) is 23.0. The number of sulfonamides is 1. The highest BCUT2D eigenvalue weighted by molar-refractivity contribution is 7.93. The average Bonchev–Trinajstić information content (AvgIpc) is 3.59. The lowest BCUT2D eigenvalue weighted by Crippen LogP contribution is -2.17. The van der Waals surface area contributed by atoms with Crippen molar-refractivity contribution in [2.75, 3.05) is 11.8 Å². The van der Waals surface area contributed by atoms with Gasteiger partial charge in [0.15, 0.2) is 0 Å². The van der Waals surface area contributed by atoms with Gasteiger partial charge < -0.3 is 4.84 Å². The lowest BCUT2D eigenvalue weighted by molar-refractivity contribution is 0.213. The van der Waals surface area contributed by atoms with Crippen LogP contribution in [0, 0.1) is 11.6 Å². The molecule has 4 aromatic rings. The fourth-order valence-corrected chi connectivity index (χ4v) is 5.32. The molecule has 1 fully saturated rings. The van der Waals surface area contributed by atoms with E-state index in [-0.39, 0.29) is 11.3 Å². The summed E-state index contributed by atoms with van der Waals surface area (Å²) in [6, 6.07) is 13.8. The van der Waals surface area contributed by atoms with Gasteiger partial charge >= 0.3 is 0 Å². The smallest absolute Gasteiger partial charge is 0.235 e. The Morgan fingerprint density at radius 2 is 1.91 bits per heavy atom. The zero-order chi connectivity index (χ0) is 24.7. The quantitative estimate of drug-likeness (QED) is 0.280. The maximum Gasteiger partial charge on any atom is 0.235 e. The van der Waals surface area contributed by atoms with Gasteiger partial charge in [-0.1, -0.05) is 11.2 Å². The summed E-state index contributed by atoms with van der Waals surface area (Å²) in [5.74, 6) is -1.44. The third-order valence-electron chi connectivity index (χ3n) is 5.85. The predicted molar refractivity (Wildman–Crippen MR) is 131 cm³/mol. The Morgan fingerprint density at radius 1 is 1.11 bits per heavy atom. The highest BCUT2D eigenvalue weighted by Crippen LogP contribution is 2.34. The predicted octanol–water partition coefficient (Wildman–Crippen LogP) is 5.25. The van der Waals surface area contributed by atoms with Crippen molar-refractivity contribution in [2.24, 2.45) is 5.16 Å². The largest absolute Gasteiger partial charge is 0.399 e. The Labute approximate surface area is 201 Å². The van der Waals surface area contributed by atoms with Crippen LogP contribution in [0.5, 0.6) is 0 Å². The maximum absolute atomic E-state index is 14.6. The van der Waals surface area contributed by atoms with E-state index >= 15 is 0 Å². The topological polar surface area (TPSA) is 85.6 Å². The fourth-order valence-electron chi connectivity index (χ4n) is 3.95. The van der Waals surface area contributed by atoms with Crippen LogP contribution >= 0.6 is 0 Å². The summed E-state index contributed by atoms with van der Waals surface area (Å²) in [6.07, 6.45) is 2.82. The van der Waals surface area contributed by atoms with Gasteiger partial charge in [0.2, 0.25) is 10.0 Å². The second-order valence-corrected chi connectivity index (χ2v) is 10.4. The molecular formula is C25H22F2N4O3S. The van der Waals surface area contributed by atoms with Gasteiger partial charge in [0.05, 0.1) is 27.7 Å². The van der Waals surface area contributed by atoms with Crippen molar-refractivity contribution >= 4 is 32.5 Å². The summed E-state index contributed by atoms with van der Waals surface area (Å²) in [5, 5.41) is 3.52. The van der Waals surface area contributed by atoms with E-state index < -0.39 is 26.9 Å². The second kappa shape index (κ2) is 8.77. The molecule has 0 spiro atoms. The van der Waals surface area contributed by atoms with Gasteiger partial charge in [-0.2, -0.15) is 0 Å². The van der Waals surface area contributed by atoms with Gasteiger partial charge in [-0.3, -0.25) is 9.29 Å². The Balaban J connectivity index is 1.64. The molecule has 1 saturated carbocycles. The Hall–Kier alpha value is -3.79. The van der Waals surface area contributed by atoms with Gasteiger partial charge in [0.1, 0.15) is 25.1 Å². The molecule has 7 nitrogen and oxygen atoms in total. The van der Waals surface area contributed by atoms with Crippen LogP contribution < -0.4 is 4.72 Å². The first-order chi connectivity index (χ1) is 16.7. The first-order valence-corrected chi connectivity index (χ1v) is 12.5. The molecule has 1 aromatic heterocycles. The van der Waals surface area contributed by atoms with Crippen molar-refractivity contribution in [3.63, 3.8) is 0 Å². The van der Waals surface area contributed by atoms with E-state index in [1.54, 1.807) is 29.1 Å². The van der Waals surface area contributed by atoms with E-state index in [9.17, 15) is 17.2 Å². The van der Waals surface area contributed by atoms with Crippen molar-refractivity contribution in [3.8, 4) is 16.8 Å². The number of imidazole rings is 1. The van der Waals surface area contributed by atoms with Crippen LogP contribution in [-0.2, 0) is 14.9 Å². The summed E-state index contributed by atoms with van der Waals surface area (Å²) in [5.41, 5.74) is 4.37. The van der Waals surface area contributed by atoms with Crippen LogP contribution in [0.25, 0.3) is 27.8 Å². The second-order valence-electron chi connectivity index (χ2n) is 8.42. The molecule has 5 rings (SSSR count). The molecule has 0 atom stereocenters. The third kappa shape index (κ3) is 4.61. The molecule has 0 aliphatic heterocycles. The lowest BCUT2D eigenvalue weighted by atomic mass is 10.0. The number of anilines is 1. The Bertz CT molecular complexity index is 1580. The van der Waals surface area contributed by atoms with Gasteiger partial charge in [-0.15, -0.1) is 0 Å². The number of hydrogen-bond acceptors (Lipinski definition) is 5. The van der Waals surface area contributed by atoms with E-state index in [2.05, 4.69) is 14.9 Å². The van der Waals surface area contributed by atoms with Crippen molar-refractivity contribution in [3.05, 3.63) is 78.1 Å². The van der Waals surface area contributed by atoms with Gasteiger partial charge in [0, 0.05) is 22.9 Å². The molecule has 0 saturated heterocycles. The molecule has 1 aliphatic rings. The minimum absolute atomic E-state index is 0.151. The summed E-state index contributed by atoms with van der Waals surface area (Å²) in [4.78, 5) is 9.32. The van der Waals surface area contributed by atoms with E-state index in [0.29, 0.717) is 35.3 Å². The van der Waals surface area contributed by atoms with E-state index in [1.807, 2.05) is 25.1 Å². The van der Waals surface area contributed by atoms with Gasteiger partial charge in [0.25, 0.3) is 0 Å². The zero-order valence-electron chi connectivity index (χ0n) is 19.0. The minimum atomic E-state index is -3.56. The Morgan fingerprint density at radius 3 is 2.63 bits per heavy atom. The van der Waals surface area contributed by atoms with Crippen molar-refractivity contribution in [2.45, 2.75) is 25.0 Å². The summed E-state index contributed by atoms with van der Waals surface area (Å²) in [6.45, 7) is 1.82. The normalized spacial score (nSPS) is 14.3. The monoisotopic (exact) mass is 496 g/mol. The molecule has 1 aliphatic carbocycles. The number of nitrogens with zero attached hydrogens (tertiary/aromatic N) is 3. The van der Waals surface area contributed by atoms with Crippen molar-refractivity contribution in [1.29, 1.82) is 0 Å². The molecule has 3 aromatic carbocycles. The molecule has 10 heteroatoms. The van der Waals surface area contributed by atoms with Crippen LogP contribution in [0.2, 0.25) is 0 Å². The molecular weight excluding hydrogens is 474 g/mol. The number of oxime groups is 1. The molecule has 0 amide bonds. The summed E-state index contributed by atoms with van der Waals surface area (Å²) in [7, 11) is -2.08. The molecule has 180 valence electrons. The molecule has 1 heterocycles. The number of nitrogens with one attached hydrogen (secondary N) is 1. The molecule has 0 bridgehead atoms. The first-order valence-electron chi connectivity index (χ1n) is 10.9. The SMILES string of the molecule is CO/N=C(/C)c1ccc2c(c1)ncn2-c1cc(NS(=O)(=O)C2CC2)cc(-c2ccc(F)cc2F)c1. The third-order valence-corrected chi connectivity index (χ3v) is 7.72. The summed E-state index contributed by atoms with van der Waals surface area (Å²) < 4.78 is 57.8. The molecule has 0 radical (unpaired) electrons. The van der Waals surface area contributed by atoms with E-state index in [4.69, 9.17) is 4.84 Å². The number of aromatic nitrogens is 2. The van der Waals surface area contributed by atoms with Crippen molar-refractivity contribution < 1.29 is 22.0 Å². The van der Waals surface area contributed by atoms with E-state index in [0.717, 1.165) is 23.2 Å². The number of benzene rings is 3. The number of hydrogen-bond donors (Lipinski definition) is 1. The van der Waals surface area contributed by atoms with Crippen molar-refractivity contribution in [1.82, 2.24) is 9.55 Å². The molecule has 35 heavy (non-hydrogen) atoms. The lowest BCUT2D eigenvalue weighted by Gasteiger charge is -2.14. The standard InChI is InChI=1S/C25H22F2N4O3S/c1-15(29-34-2)16-3-8-25-24(11-16)28-14-31(25)20-10-17(22-7-4-18(26)12-23(22)27)9-19(13-20)30-35(32,33)21-5-6-21/h3-4,7-14,21,30H,5-6H2,1-2H3/b29-15-. The van der Waals surface area contributed by atoms with Crippen LogP contribution in [0.1, 0.15) is 25.3 Å². The van der Waals surface area contributed by atoms with Crippen LogP contribution in [-0.4, -0.2) is 36.0 Å². The average molecular weight is 497 g/mol. The summed E-state index contributed by atoms with van der Waals surface area (Å²) >= 11 is 0. The number of fused-ring (bicyclic) bond motifs is 1. The highest BCUT2D eigenvalue weighted by atomic mass is 32.2. The molecule has 0 unspecified atom stereocenters. The highest BCUT2D eigenvalue weighted by Gasteiger charge is 2.35. The number of rotatable bonds is 7. The van der Waals surface area contributed by atoms with Crippen LogP contribution in [0.4, 0.5) is 14.5 Å². The minimum Gasteiger partial charge on any atom is -0.399 e. The fraction of sp³-hybridized carbons (Fsp3) is 0.200. The van der Waals surface area contributed by atoms with Gasteiger partial charge in [-0.05, 0) is 67.8 Å². The molecule has 1 N–H and O–H groups in total. The Kier molecular flexibility index (Phi) is 5.76. The van der Waals surface area contributed by atoms with Crippen LogP contribution in [0.15, 0.2) is 66.1 Å². The van der Waals surface area contributed by atoms with E-state index in [1.165, 1.54) is 13.2 Å². The zero-order valence-corrected chi connectivity index (χ0v) is 19.8.